The third kappa shape index (κ3) is 5.10. The minimum Gasteiger partial charge on any atom is -0.351 e. The van der Waals surface area contributed by atoms with Crippen LogP contribution in [-0.2, 0) is 16.8 Å². The average Bonchev–Trinajstić information content (AvgIpc) is 2.65. The molecule has 27 heavy (non-hydrogen) atoms. The van der Waals surface area contributed by atoms with Gasteiger partial charge in [0.2, 0.25) is 5.91 Å². The Morgan fingerprint density at radius 3 is 2.11 bits per heavy atom. The van der Waals surface area contributed by atoms with E-state index in [1.807, 2.05) is 52.0 Å². The molecule has 0 aliphatic carbocycles. The summed E-state index contributed by atoms with van der Waals surface area (Å²) in [5, 5.41) is 3.62. The Morgan fingerprint density at radius 1 is 1.04 bits per heavy atom. The van der Waals surface area contributed by atoms with Crippen molar-refractivity contribution in [3.05, 3.63) is 70.2 Å². The number of hydrogen-bond acceptors (Lipinski definition) is 2. The summed E-state index contributed by atoms with van der Waals surface area (Å²) in [5.41, 5.74) is 1.82. The normalized spacial score (nSPS) is 11.4. The first kappa shape index (κ1) is 21.0. The summed E-state index contributed by atoms with van der Waals surface area (Å²) >= 11 is 5.93. The molecule has 144 valence electrons. The van der Waals surface area contributed by atoms with Gasteiger partial charge in [-0.05, 0) is 63.1 Å². The van der Waals surface area contributed by atoms with Crippen LogP contribution in [0.4, 0.5) is 0 Å². The third-order valence-electron chi connectivity index (χ3n) is 4.88. The van der Waals surface area contributed by atoms with E-state index in [4.69, 9.17) is 11.6 Å². The summed E-state index contributed by atoms with van der Waals surface area (Å²) in [6.07, 6.45) is 0. The molecule has 1 N–H and O–H groups in total. The molecule has 0 unspecified atom stereocenters. The fourth-order valence-corrected chi connectivity index (χ4v) is 2.73. The maximum Gasteiger partial charge on any atom is 0.253 e. The standard InChI is InChI=1S/C22H27ClN2O2/c1-15(2)25(5)20(26)17-8-6-16(7-9-17)14-24-21(27)22(3,4)18-10-12-19(23)13-11-18/h6-13,15H,14H2,1-5H3,(H,24,27). The van der Waals surface area contributed by atoms with Crippen molar-refractivity contribution in [3.8, 4) is 0 Å². The molecule has 0 saturated carbocycles. The maximum atomic E-state index is 12.7. The fourth-order valence-electron chi connectivity index (χ4n) is 2.60. The predicted molar refractivity (Wildman–Crippen MR) is 110 cm³/mol. The molecule has 0 atom stereocenters. The van der Waals surface area contributed by atoms with Crippen molar-refractivity contribution < 1.29 is 9.59 Å². The third-order valence-corrected chi connectivity index (χ3v) is 5.13. The average molecular weight is 387 g/mol. The summed E-state index contributed by atoms with van der Waals surface area (Å²) < 4.78 is 0. The molecule has 0 bridgehead atoms. The predicted octanol–water partition coefficient (Wildman–Crippen LogP) is 4.41. The van der Waals surface area contributed by atoms with Gasteiger partial charge >= 0.3 is 0 Å². The van der Waals surface area contributed by atoms with Gasteiger partial charge in [0.15, 0.2) is 0 Å². The lowest BCUT2D eigenvalue weighted by Gasteiger charge is -2.24. The molecule has 2 aromatic carbocycles. The Bertz CT molecular complexity index is 796. The summed E-state index contributed by atoms with van der Waals surface area (Å²) in [6.45, 7) is 8.13. The molecule has 0 aliphatic rings. The molecule has 5 heteroatoms. The van der Waals surface area contributed by atoms with Gasteiger partial charge in [-0.25, -0.2) is 0 Å². The molecule has 0 heterocycles. The summed E-state index contributed by atoms with van der Waals surface area (Å²) in [5.74, 6) is -0.0750. The van der Waals surface area contributed by atoms with Crippen molar-refractivity contribution in [2.45, 2.75) is 45.7 Å². The zero-order valence-electron chi connectivity index (χ0n) is 16.5. The van der Waals surface area contributed by atoms with Gasteiger partial charge in [0.05, 0.1) is 5.41 Å². The molecular weight excluding hydrogens is 360 g/mol. The largest absolute Gasteiger partial charge is 0.351 e. The van der Waals surface area contributed by atoms with Gasteiger partial charge in [-0.3, -0.25) is 9.59 Å². The molecular formula is C22H27ClN2O2. The summed E-state index contributed by atoms with van der Waals surface area (Å²) in [7, 11) is 1.79. The molecule has 0 saturated heterocycles. The lowest BCUT2D eigenvalue weighted by atomic mass is 9.83. The Balaban J connectivity index is 2.00. The fraction of sp³-hybridized carbons (Fsp3) is 0.364. The zero-order valence-corrected chi connectivity index (χ0v) is 17.3. The first-order valence-corrected chi connectivity index (χ1v) is 9.41. The van der Waals surface area contributed by atoms with Crippen molar-refractivity contribution >= 4 is 23.4 Å². The molecule has 0 spiro atoms. The Kier molecular flexibility index (Phi) is 6.66. The van der Waals surface area contributed by atoms with Crippen LogP contribution in [0.15, 0.2) is 48.5 Å². The van der Waals surface area contributed by atoms with Crippen LogP contribution < -0.4 is 5.32 Å². The molecule has 2 rings (SSSR count). The first-order chi connectivity index (χ1) is 12.6. The first-order valence-electron chi connectivity index (χ1n) is 9.03. The van der Waals surface area contributed by atoms with E-state index in [-0.39, 0.29) is 17.9 Å². The highest BCUT2D eigenvalue weighted by Crippen LogP contribution is 2.25. The van der Waals surface area contributed by atoms with Gasteiger partial charge in [0, 0.05) is 30.2 Å². The van der Waals surface area contributed by atoms with Crippen LogP contribution in [-0.4, -0.2) is 29.8 Å². The molecule has 2 aromatic rings. The molecule has 0 aromatic heterocycles. The lowest BCUT2D eigenvalue weighted by molar-refractivity contribution is -0.125. The van der Waals surface area contributed by atoms with E-state index in [9.17, 15) is 9.59 Å². The zero-order chi connectivity index (χ0) is 20.2. The van der Waals surface area contributed by atoms with Gasteiger partial charge in [0.25, 0.3) is 5.91 Å². The number of benzene rings is 2. The number of rotatable bonds is 6. The molecule has 2 amide bonds. The van der Waals surface area contributed by atoms with Gasteiger partial charge < -0.3 is 10.2 Å². The van der Waals surface area contributed by atoms with E-state index in [2.05, 4.69) is 5.32 Å². The van der Waals surface area contributed by atoms with Crippen LogP contribution in [0.1, 0.15) is 49.2 Å². The van der Waals surface area contributed by atoms with Crippen molar-refractivity contribution in [2.24, 2.45) is 0 Å². The Morgan fingerprint density at radius 2 is 1.59 bits per heavy atom. The van der Waals surface area contributed by atoms with E-state index in [1.165, 1.54) is 0 Å². The number of carbonyl (C=O) groups is 2. The minimum atomic E-state index is -0.666. The monoisotopic (exact) mass is 386 g/mol. The van der Waals surface area contributed by atoms with Crippen LogP contribution >= 0.6 is 11.6 Å². The van der Waals surface area contributed by atoms with Crippen LogP contribution in [0.3, 0.4) is 0 Å². The van der Waals surface area contributed by atoms with Crippen molar-refractivity contribution in [3.63, 3.8) is 0 Å². The lowest BCUT2D eigenvalue weighted by Crippen LogP contribution is -2.39. The molecule has 0 fully saturated rings. The summed E-state index contributed by atoms with van der Waals surface area (Å²) in [4.78, 5) is 26.7. The number of nitrogens with zero attached hydrogens (tertiary/aromatic N) is 1. The Labute approximate surface area is 166 Å². The number of amides is 2. The smallest absolute Gasteiger partial charge is 0.253 e. The van der Waals surface area contributed by atoms with Crippen LogP contribution in [0.5, 0.6) is 0 Å². The number of hydrogen-bond donors (Lipinski definition) is 1. The molecule has 0 aliphatic heterocycles. The topological polar surface area (TPSA) is 49.4 Å². The van der Waals surface area contributed by atoms with Crippen molar-refractivity contribution in [2.75, 3.05) is 7.05 Å². The quantitative estimate of drug-likeness (QED) is 0.799. The van der Waals surface area contributed by atoms with E-state index in [0.29, 0.717) is 17.1 Å². The molecule has 4 nitrogen and oxygen atoms in total. The van der Waals surface area contributed by atoms with Gasteiger partial charge in [-0.1, -0.05) is 35.9 Å². The minimum absolute atomic E-state index is 0.00976. The van der Waals surface area contributed by atoms with E-state index < -0.39 is 5.41 Å². The number of halogens is 1. The Hall–Kier alpha value is -2.33. The summed E-state index contributed by atoms with van der Waals surface area (Å²) in [6, 6.07) is 14.8. The molecule has 0 radical (unpaired) electrons. The highest BCUT2D eigenvalue weighted by Gasteiger charge is 2.29. The maximum absolute atomic E-state index is 12.7. The van der Waals surface area contributed by atoms with E-state index in [0.717, 1.165) is 11.1 Å². The van der Waals surface area contributed by atoms with E-state index >= 15 is 0 Å². The van der Waals surface area contributed by atoms with Gasteiger partial charge in [0.1, 0.15) is 0 Å². The van der Waals surface area contributed by atoms with Crippen molar-refractivity contribution in [1.82, 2.24) is 10.2 Å². The number of nitrogens with one attached hydrogen (secondary N) is 1. The highest BCUT2D eigenvalue weighted by molar-refractivity contribution is 6.30. The second-order valence-corrected chi connectivity index (χ2v) is 7.96. The highest BCUT2D eigenvalue weighted by atomic mass is 35.5. The second-order valence-electron chi connectivity index (χ2n) is 7.52. The van der Waals surface area contributed by atoms with Gasteiger partial charge in [-0.2, -0.15) is 0 Å². The number of carbonyl (C=O) groups excluding carboxylic acids is 2. The van der Waals surface area contributed by atoms with Crippen molar-refractivity contribution in [1.29, 1.82) is 0 Å². The van der Waals surface area contributed by atoms with E-state index in [1.54, 1.807) is 36.2 Å². The van der Waals surface area contributed by atoms with Gasteiger partial charge in [-0.15, -0.1) is 0 Å². The SMILES string of the molecule is CC(C)N(C)C(=O)c1ccc(CNC(=O)C(C)(C)c2ccc(Cl)cc2)cc1. The van der Waals surface area contributed by atoms with Crippen LogP contribution in [0, 0.1) is 0 Å². The van der Waals surface area contributed by atoms with Crippen LogP contribution in [0.25, 0.3) is 0 Å². The second kappa shape index (κ2) is 8.57. The van der Waals surface area contributed by atoms with Crippen LogP contribution in [0.2, 0.25) is 5.02 Å².